The molecule has 2 aliphatic heterocycles. The number of rotatable bonds is 3. The number of aromatic nitrogens is 5. The molecule has 0 spiro atoms. The zero-order chi connectivity index (χ0) is 18.2. The van der Waals surface area contributed by atoms with Crippen LogP contribution in [0, 0.1) is 0 Å². The Morgan fingerprint density at radius 2 is 1.81 bits per heavy atom. The van der Waals surface area contributed by atoms with Gasteiger partial charge in [0.2, 0.25) is 0 Å². The lowest BCUT2D eigenvalue weighted by molar-refractivity contribution is 0.0982. The van der Waals surface area contributed by atoms with Gasteiger partial charge < -0.3 is 9.80 Å². The van der Waals surface area contributed by atoms with E-state index >= 15 is 0 Å². The molecular weight excluding hydrogens is 340 g/mol. The molecule has 0 atom stereocenters. The number of piperidine rings is 1. The highest BCUT2D eigenvalue weighted by Gasteiger charge is 2.27. The van der Waals surface area contributed by atoms with E-state index < -0.39 is 0 Å². The number of hydrogen-bond donors (Lipinski definition) is 1. The summed E-state index contributed by atoms with van der Waals surface area (Å²) in [5, 5.41) is 11.4. The number of likely N-dealkylation sites (N-methyl/N-ethyl adjacent to an activating group) is 1. The largest absolute Gasteiger partial charge is 0.369 e. The zero-order valence-corrected chi connectivity index (χ0v) is 15.8. The number of anilines is 1. The first-order chi connectivity index (χ1) is 13.3. The van der Waals surface area contributed by atoms with Gasteiger partial charge in [-0.1, -0.05) is 0 Å². The summed E-state index contributed by atoms with van der Waals surface area (Å²) in [6.45, 7) is 6.97. The van der Waals surface area contributed by atoms with Gasteiger partial charge in [0.05, 0.1) is 30.5 Å². The Morgan fingerprint density at radius 1 is 1.00 bits per heavy atom. The van der Waals surface area contributed by atoms with Gasteiger partial charge in [0.25, 0.3) is 0 Å². The van der Waals surface area contributed by atoms with E-state index in [-0.39, 0.29) is 0 Å². The highest BCUT2D eigenvalue weighted by Crippen LogP contribution is 2.26. The molecule has 0 bridgehead atoms. The summed E-state index contributed by atoms with van der Waals surface area (Å²) < 4.78 is 1.88. The molecule has 27 heavy (non-hydrogen) atoms. The SMILES string of the molecule is CN1CCN(C2CCN(c3cnc4c(-c5cn[nH]c5)cnn4c3)CC2)CC1. The molecule has 5 rings (SSSR count). The van der Waals surface area contributed by atoms with Gasteiger partial charge in [-0.2, -0.15) is 10.2 Å². The maximum Gasteiger partial charge on any atom is 0.163 e. The van der Waals surface area contributed by atoms with Gasteiger partial charge >= 0.3 is 0 Å². The molecule has 3 aromatic heterocycles. The van der Waals surface area contributed by atoms with Crippen LogP contribution in [0.3, 0.4) is 0 Å². The lowest BCUT2D eigenvalue weighted by Crippen LogP contribution is -2.52. The quantitative estimate of drug-likeness (QED) is 0.754. The molecule has 8 nitrogen and oxygen atoms in total. The lowest BCUT2D eigenvalue weighted by Gasteiger charge is -2.42. The molecule has 142 valence electrons. The number of piperazine rings is 1. The van der Waals surface area contributed by atoms with Crippen LogP contribution >= 0.6 is 0 Å². The molecule has 8 heteroatoms. The first-order valence-corrected chi connectivity index (χ1v) is 9.78. The zero-order valence-electron chi connectivity index (χ0n) is 15.8. The molecule has 0 saturated carbocycles. The number of aromatic amines is 1. The van der Waals surface area contributed by atoms with Crippen LogP contribution in [0.15, 0.2) is 31.0 Å². The predicted molar refractivity (Wildman–Crippen MR) is 105 cm³/mol. The summed E-state index contributed by atoms with van der Waals surface area (Å²) in [5.41, 5.74) is 4.04. The van der Waals surface area contributed by atoms with Crippen LogP contribution in [0.1, 0.15) is 12.8 Å². The predicted octanol–water partition coefficient (Wildman–Crippen LogP) is 1.34. The van der Waals surface area contributed by atoms with E-state index in [9.17, 15) is 0 Å². The summed E-state index contributed by atoms with van der Waals surface area (Å²) in [4.78, 5) is 12.2. The first-order valence-electron chi connectivity index (χ1n) is 9.78. The third-order valence-electron chi connectivity index (χ3n) is 6.04. The Balaban J connectivity index is 1.28. The van der Waals surface area contributed by atoms with E-state index in [1.54, 1.807) is 6.20 Å². The summed E-state index contributed by atoms with van der Waals surface area (Å²) >= 11 is 0. The minimum atomic E-state index is 0.726. The molecule has 5 heterocycles. The second kappa shape index (κ2) is 6.94. The van der Waals surface area contributed by atoms with Gasteiger partial charge in [-0.05, 0) is 19.9 Å². The Labute approximate surface area is 158 Å². The summed E-state index contributed by atoms with van der Waals surface area (Å²) in [7, 11) is 2.22. The summed E-state index contributed by atoms with van der Waals surface area (Å²) in [5.74, 6) is 0. The normalized spacial score (nSPS) is 20.6. The number of H-pyrrole nitrogens is 1. The second-order valence-electron chi connectivity index (χ2n) is 7.68. The third kappa shape index (κ3) is 3.19. The molecule has 3 aromatic rings. The van der Waals surface area contributed by atoms with Crippen LogP contribution < -0.4 is 4.90 Å². The van der Waals surface area contributed by atoms with Crippen LogP contribution in [0.5, 0.6) is 0 Å². The van der Waals surface area contributed by atoms with Crippen LogP contribution in [0.25, 0.3) is 16.8 Å². The number of fused-ring (bicyclic) bond motifs is 1. The van der Waals surface area contributed by atoms with E-state index in [2.05, 4.69) is 43.2 Å². The highest BCUT2D eigenvalue weighted by molar-refractivity contribution is 5.76. The van der Waals surface area contributed by atoms with Gasteiger partial charge in [-0.25, -0.2) is 9.50 Å². The van der Waals surface area contributed by atoms with Crippen molar-refractivity contribution in [3.8, 4) is 11.1 Å². The Kier molecular flexibility index (Phi) is 4.29. The molecule has 2 fully saturated rings. The van der Waals surface area contributed by atoms with Crippen molar-refractivity contribution in [1.29, 1.82) is 0 Å². The van der Waals surface area contributed by atoms with Gasteiger partial charge in [-0.15, -0.1) is 0 Å². The first kappa shape index (κ1) is 16.7. The van der Waals surface area contributed by atoms with Crippen molar-refractivity contribution in [2.75, 3.05) is 51.2 Å². The number of hydrogen-bond acceptors (Lipinski definition) is 6. The van der Waals surface area contributed by atoms with Crippen LogP contribution in [-0.2, 0) is 0 Å². The molecule has 0 unspecified atom stereocenters. The summed E-state index contributed by atoms with van der Waals surface area (Å²) in [6.07, 6.45) is 12.1. The van der Waals surface area contributed by atoms with Gasteiger partial charge in [-0.3, -0.25) is 10.00 Å². The standard InChI is InChI=1S/C19H26N8/c1-24-6-8-26(9-7-24)16-2-4-25(5-3-16)17-12-20-19-18(13-23-27(19)14-17)15-10-21-22-11-15/h10-14,16H,2-9H2,1H3,(H,21,22). The van der Waals surface area contributed by atoms with Crippen molar-refractivity contribution in [1.82, 2.24) is 34.6 Å². The lowest BCUT2D eigenvalue weighted by atomic mass is 10.0. The maximum absolute atomic E-state index is 4.69. The van der Waals surface area contributed by atoms with E-state index in [1.807, 2.05) is 23.1 Å². The third-order valence-corrected chi connectivity index (χ3v) is 6.04. The minimum absolute atomic E-state index is 0.726. The van der Waals surface area contributed by atoms with E-state index in [0.29, 0.717) is 0 Å². The summed E-state index contributed by atoms with van der Waals surface area (Å²) in [6, 6.07) is 0.726. The smallest absolute Gasteiger partial charge is 0.163 e. The van der Waals surface area contributed by atoms with Gasteiger partial charge in [0.15, 0.2) is 5.65 Å². The van der Waals surface area contributed by atoms with Crippen molar-refractivity contribution in [2.24, 2.45) is 0 Å². The highest BCUT2D eigenvalue weighted by atomic mass is 15.3. The fourth-order valence-electron chi connectivity index (χ4n) is 4.31. The fourth-order valence-corrected chi connectivity index (χ4v) is 4.31. The van der Waals surface area contributed by atoms with Crippen molar-refractivity contribution in [3.05, 3.63) is 31.0 Å². The maximum atomic E-state index is 4.69. The Bertz CT molecular complexity index is 886. The Morgan fingerprint density at radius 3 is 2.56 bits per heavy atom. The van der Waals surface area contributed by atoms with Crippen LogP contribution in [-0.4, -0.2) is 87.0 Å². The van der Waals surface area contributed by atoms with Crippen molar-refractivity contribution >= 4 is 11.3 Å². The van der Waals surface area contributed by atoms with Gasteiger partial charge in [0, 0.05) is 62.6 Å². The molecule has 0 radical (unpaired) electrons. The minimum Gasteiger partial charge on any atom is -0.369 e. The van der Waals surface area contributed by atoms with Crippen LogP contribution in [0.2, 0.25) is 0 Å². The topological polar surface area (TPSA) is 68.6 Å². The average Bonchev–Trinajstić information content (AvgIpc) is 3.38. The number of nitrogens with zero attached hydrogens (tertiary/aromatic N) is 7. The fraction of sp³-hybridized carbons (Fsp3) is 0.526. The Hall–Kier alpha value is -2.45. The molecular formula is C19H26N8. The van der Waals surface area contributed by atoms with E-state index in [1.165, 1.54) is 39.0 Å². The van der Waals surface area contributed by atoms with Crippen molar-refractivity contribution in [2.45, 2.75) is 18.9 Å². The average molecular weight is 366 g/mol. The van der Waals surface area contributed by atoms with Crippen molar-refractivity contribution < 1.29 is 0 Å². The number of nitrogens with one attached hydrogen (secondary N) is 1. The van der Waals surface area contributed by atoms with Gasteiger partial charge in [0.1, 0.15) is 0 Å². The molecule has 0 amide bonds. The molecule has 2 aliphatic rings. The van der Waals surface area contributed by atoms with Crippen LogP contribution in [0.4, 0.5) is 5.69 Å². The molecule has 2 saturated heterocycles. The molecule has 0 aliphatic carbocycles. The molecule has 0 aromatic carbocycles. The second-order valence-corrected chi connectivity index (χ2v) is 7.68. The van der Waals surface area contributed by atoms with E-state index in [0.717, 1.165) is 41.6 Å². The molecule has 1 N–H and O–H groups in total. The van der Waals surface area contributed by atoms with Crippen molar-refractivity contribution in [3.63, 3.8) is 0 Å². The monoisotopic (exact) mass is 366 g/mol. The van der Waals surface area contributed by atoms with E-state index in [4.69, 9.17) is 4.98 Å².